The highest BCUT2D eigenvalue weighted by molar-refractivity contribution is 7.98. The van der Waals surface area contributed by atoms with Crippen molar-refractivity contribution in [1.29, 1.82) is 0 Å². The number of rotatable bonds is 7. The molecular weight excluding hydrogens is 252 g/mol. The summed E-state index contributed by atoms with van der Waals surface area (Å²) in [5, 5.41) is 14.3. The van der Waals surface area contributed by atoms with Crippen LogP contribution in [0.3, 0.4) is 0 Å². The van der Waals surface area contributed by atoms with Crippen LogP contribution in [-0.2, 0) is 0 Å². The van der Waals surface area contributed by atoms with Crippen LogP contribution in [0.4, 0.5) is 17.1 Å². The molecular formula is C11H18N4O2S. The third kappa shape index (κ3) is 3.51. The Hall–Kier alpha value is -1.47. The van der Waals surface area contributed by atoms with E-state index in [1.165, 1.54) is 0 Å². The van der Waals surface area contributed by atoms with Gasteiger partial charge in [0.05, 0.1) is 4.92 Å². The summed E-state index contributed by atoms with van der Waals surface area (Å²) in [5.41, 5.74) is 3.15. The minimum absolute atomic E-state index is 0.0143. The lowest BCUT2D eigenvalue weighted by Crippen LogP contribution is -2.22. The van der Waals surface area contributed by atoms with E-state index in [1.807, 2.05) is 13.2 Å². The van der Waals surface area contributed by atoms with E-state index in [9.17, 15) is 10.1 Å². The van der Waals surface area contributed by atoms with E-state index < -0.39 is 4.92 Å². The number of nitrogens with zero attached hydrogens (tertiary/aromatic N) is 1. The summed E-state index contributed by atoms with van der Waals surface area (Å²) in [6, 6.07) is 5.21. The van der Waals surface area contributed by atoms with E-state index in [0.717, 1.165) is 12.2 Å². The van der Waals surface area contributed by atoms with Gasteiger partial charge in [0.15, 0.2) is 0 Å². The van der Waals surface area contributed by atoms with Gasteiger partial charge in [-0.05, 0) is 24.8 Å². The number of nitrogens with two attached hydrogens (primary N) is 1. The van der Waals surface area contributed by atoms with Crippen LogP contribution in [0.2, 0.25) is 0 Å². The number of hydrogen-bond acceptors (Lipinski definition) is 6. The number of nitrogens with one attached hydrogen (secondary N) is 2. The Kier molecular flexibility index (Phi) is 5.73. The predicted molar refractivity (Wildman–Crippen MR) is 77.0 cm³/mol. The molecule has 0 aliphatic heterocycles. The van der Waals surface area contributed by atoms with Crippen LogP contribution < -0.4 is 16.6 Å². The monoisotopic (exact) mass is 270 g/mol. The van der Waals surface area contributed by atoms with Crippen LogP contribution in [0.5, 0.6) is 0 Å². The minimum atomic E-state index is -0.427. The average Bonchev–Trinajstić information content (AvgIpc) is 2.37. The van der Waals surface area contributed by atoms with Gasteiger partial charge in [-0.3, -0.25) is 16.0 Å². The van der Waals surface area contributed by atoms with Crippen LogP contribution in [0.15, 0.2) is 18.2 Å². The third-order valence-corrected chi connectivity index (χ3v) is 3.33. The standard InChI is InChI=1S/C11H18N4O2S/c1-3-8(7-18-2)13-9-5-4-6-10(14-12)11(9)15(16)17/h4-6,8,13-14H,3,7,12H2,1-2H3. The fraction of sp³-hybridized carbons (Fsp3) is 0.455. The van der Waals surface area contributed by atoms with Gasteiger partial charge in [-0.1, -0.05) is 13.0 Å². The molecule has 0 bridgehead atoms. The second-order valence-electron chi connectivity index (χ2n) is 3.81. The highest BCUT2D eigenvalue weighted by atomic mass is 32.2. The number of nitro groups is 1. The Bertz CT molecular complexity index is 414. The number of nitrogen functional groups attached to an aromatic ring is 1. The fourth-order valence-corrected chi connectivity index (χ4v) is 2.38. The van der Waals surface area contributed by atoms with Crippen molar-refractivity contribution in [3.05, 3.63) is 28.3 Å². The maximum absolute atomic E-state index is 11.1. The molecule has 4 N–H and O–H groups in total. The van der Waals surface area contributed by atoms with E-state index in [4.69, 9.17) is 5.84 Å². The molecule has 7 heteroatoms. The Morgan fingerprint density at radius 3 is 2.67 bits per heavy atom. The summed E-state index contributed by atoms with van der Waals surface area (Å²) >= 11 is 1.71. The number of hydrogen-bond donors (Lipinski definition) is 3. The van der Waals surface area contributed by atoms with Crippen LogP contribution in [0, 0.1) is 10.1 Å². The van der Waals surface area contributed by atoms with Crippen molar-refractivity contribution in [1.82, 2.24) is 0 Å². The zero-order valence-corrected chi connectivity index (χ0v) is 11.3. The molecule has 0 aliphatic rings. The summed E-state index contributed by atoms with van der Waals surface area (Å²) < 4.78 is 0. The maximum atomic E-state index is 11.1. The molecule has 0 amide bonds. The van der Waals surface area contributed by atoms with E-state index in [-0.39, 0.29) is 11.7 Å². The van der Waals surface area contributed by atoms with Crippen LogP contribution in [0.25, 0.3) is 0 Å². The number of anilines is 2. The first kappa shape index (κ1) is 14.6. The lowest BCUT2D eigenvalue weighted by Gasteiger charge is -2.17. The van der Waals surface area contributed by atoms with E-state index in [2.05, 4.69) is 10.7 Å². The van der Waals surface area contributed by atoms with Gasteiger partial charge < -0.3 is 10.7 Å². The zero-order valence-electron chi connectivity index (χ0n) is 10.5. The minimum Gasteiger partial charge on any atom is -0.376 e. The lowest BCUT2D eigenvalue weighted by atomic mass is 10.2. The van der Waals surface area contributed by atoms with E-state index in [1.54, 1.807) is 30.0 Å². The van der Waals surface area contributed by atoms with Crippen molar-refractivity contribution in [2.45, 2.75) is 19.4 Å². The molecule has 0 saturated heterocycles. The molecule has 0 aliphatic carbocycles. The molecule has 1 aromatic rings. The molecule has 0 spiro atoms. The summed E-state index contributed by atoms with van der Waals surface area (Å²) in [6.07, 6.45) is 2.91. The van der Waals surface area contributed by atoms with Gasteiger partial charge in [-0.2, -0.15) is 11.8 Å². The second kappa shape index (κ2) is 7.07. The Morgan fingerprint density at radius 1 is 1.50 bits per heavy atom. The van der Waals surface area contributed by atoms with Gasteiger partial charge in [0.1, 0.15) is 11.4 Å². The lowest BCUT2D eigenvalue weighted by molar-refractivity contribution is -0.383. The first-order chi connectivity index (χ1) is 8.63. The molecule has 6 nitrogen and oxygen atoms in total. The number of hydrazine groups is 1. The number of para-hydroxylation sites is 1. The van der Waals surface area contributed by atoms with Gasteiger partial charge in [-0.15, -0.1) is 0 Å². The quantitative estimate of drug-likeness (QED) is 0.400. The van der Waals surface area contributed by atoms with Crippen LogP contribution >= 0.6 is 11.8 Å². The first-order valence-corrected chi connectivity index (χ1v) is 7.02. The molecule has 1 aromatic carbocycles. The molecule has 18 heavy (non-hydrogen) atoms. The van der Waals surface area contributed by atoms with Crippen molar-refractivity contribution in [2.75, 3.05) is 22.8 Å². The second-order valence-corrected chi connectivity index (χ2v) is 4.72. The van der Waals surface area contributed by atoms with Crippen molar-refractivity contribution >= 4 is 28.8 Å². The van der Waals surface area contributed by atoms with Gasteiger partial charge >= 0.3 is 5.69 Å². The summed E-state index contributed by atoms with van der Waals surface area (Å²) in [6.45, 7) is 2.05. The normalized spacial score (nSPS) is 11.9. The summed E-state index contributed by atoms with van der Waals surface area (Å²) in [5.74, 6) is 6.19. The number of thioether (sulfide) groups is 1. The zero-order chi connectivity index (χ0) is 13.5. The molecule has 1 atom stereocenters. The smallest absolute Gasteiger partial charge is 0.316 e. The van der Waals surface area contributed by atoms with Crippen LogP contribution in [-0.4, -0.2) is 23.0 Å². The van der Waals surface area contributed by atoms with Gasteiger partial charge in [0.25, 0.3) is 0 Å². The molecule has 1 unspecified atom stereocenters. The summed E-state index contributed by atoms with van der Waals surface area (Å²) in [7, 11) is 0. The predicted octanol–water partition coefficient (Wildman–Crippen LogP) is 2.43. The topological polar surface area (TPSA) is 93.2 Å². The summed E-state index contributed by atoms with van der Waals surface area (Å²) in [4.78, 5) is 10.7. The molecule has 1 rings (SSSR count). The third-order valence-electron chi connectivity index (χ3n) is 2.59. The fourth-order valence-electron chi connectivity index (χ4n) is 1.66. The largest absolute Gasteiger partial charge is 0.376 e. The SMILES string of the molecule is CCC(CSC)Nc1cccc(NN)c1[N+](=O)[O-]. The number of nitro benzene ring substituents is 1. The molecule has 0 radical (unpaired) electrons. The van der Waals surface area contributed by atoms with Crippen molar-refractivity contribution < 1.29 is 4.92 Å². The number of benzene rings is 1. The van der Waals surface area contributed by atoms with Crippen molar-refractivity contribution in [3.63, 3.8) is 0 Å². The molecule has 100 valence electrons. The van der Waals surface area contributed by atoms with Crippen LogP contribution in [0.1, 0.15) is 13.3 Å². The van der Waals surface area contributed by atoms with Gasteiger partial charge in [0, 0.05) is 11.8 Å². The molecule has 0 fully saturated rings. The first-order valence-electron chi connectivity index (χ1n) is 5.63. The maximum Gasteiger partial charge on any atom is 0.316 e. The molecule has 0 aromatic heterocycles. The highest BCUT2D eigenvalue weighted by Crippen LogP contribution is 2.32. The Morgan fingerprint density at radius 2 is 2.17 bits per heavy atom. The average molecular weight is 270 g/mol. The highest BCUT2D eigenvalue weighted by Gasteiger charge is 2.20. The van der Waals surface area contributed by atoms with Gasteiger partial charge in [-0.25, -0.2) is 0 Å². The van der Waals surface area contributed by atoms with E-state index >= 15 is 0 Å². The van der Waals surface area contributed by atoms with Gasteiger partial charge in [0.2, 0.25) is 0 Å². The Labute approximate surface area is 110 Å². The van der Waals surface area contributed by atoms with Crippen molar-refractivity contribution in [3.8, 4) is 0 Å². The molecule has 0 saturated carbocycles. The molecule has 0 heterocycles. The van der Waals surface area contributed by atoms with E-state index in [0.29, 0.717) is 11.4 Å². The Balaban J connectivity index is 3.03. The van der Waals surface area contributed by atoms with Crippen molar-refractivity contribution in [2.24, 2.45) is 5.84 Å².